The smallest absolute Gasteiger partial charge is 0.320 e. The van der Waals surface area contributed by atoms with E-state index in [1.165, 1.54) is 6.92 Å². The van der Waals surface area contributed by atoms with Crippen molar-refractivity contribution < 1.29 is 14.3 Å². The number of hydrogen-bond acceptors (Lipinski definition) is 2. The van der Waals surface area contributed by atoms with Gasteiger partial charge in [-0.05, 0) is 13.3 Å². The Morgan fingerprint density at radius 1 is 1.90 bits per heavy atom. The normalized spacial score (nSPS) is 14.9. The zero-order valence-electron chi connectivity index (χ0n) is 5.67. The maximum atomic E-state index is 11.9. The first kappa shape index (κ1) is 9.10. The number of carboxylic acids is 1. The SMILES string of the molecule is C/C(F)=C/CC(N)C(=O)O. The Bertz CT molecular complexity index is 152. The average molecular weight is 147 g/mol. The summed E-state index contributed by atoms with van der Waals surface area (Å²) >= 11 is 0. The van der Waals surface area contributed by atoms with E-state index in [1.54, 1.807) is 0 Å². The van der Waals surface area contributed by atoms with E-state index >= 15 is 0 Å². The van der Waals surface area contributed by atoms with Crippen molar-refractivity contribution in [2.24, 2.45) is 5.73 Å². The molecule has 3 nitrogen and oxygen atoms in total. The summed E-state index contributed by atoms with van der Waals surface area (Å²) in [6, 6.07) is -0.995. The first-order chi connectivity index (χ1) is 4.54. The van der Waals surface area contributed by atoms with Crippen LogP contribution in [0.5, 0.6) is 0 Å². The fourth-order valence-corrected chi connectivity index (χ4v) is 0.390. The molecule has 0 aromatic carbocycles. The predicted octanol–water partition coefficient (Wildman–Crippen LogP) is 0.662. The molecule has 58 valence electrons. The van der Waals surface area contributed by atoms with E-state index in [9.17, 15) is 9.18 Å². The van der Waals surface area contributed by atoms with Crippen LogP contribution in [-0.2, 0) is 4.79 Å². The molecule has 0 aliphatic rings. The summed E-state index contributed by atoms with van der Waals surface area (Å²) in [5.74, 6) is -1.52. The number of nitrogens with two attached hydrogens (primary N) is 1. The molecule has 0 aromatic rings. The predicted molar refractivity (Wildman–Crippen MR) is 35.1 cm³/mol. The van der Waals surface area contributed by atoms with Gasteiger partial charge in [0.1, 0.15) is 6.04 Å². The summed E-state index contributed by atoms with van der Waals surface area (Å²) in [7, 11) is 0. The number of carboxylic acid groups (broad SMARTS) is 1. The van der Waals surface area contributed by atoms with Gasteiger partial charge < -0.3 is 10.8 Å². The molecule has 10 heavy (non-hydrogen) atoms. The molecule has 4 heteroatoms. The molecule has 0 fully saturated rings. The highest BCUT2D eigenvalue weighted by atomic mass is 19.1. The Balaban J connectivity index is 3.70. The third kappa shape index (κ3) is 4.03. The highest BCUT2D eigenvalue weighted by Crippen LogP contribution is 1.97. The molecule has 1 atom stereocenters. The average Bonchev–Trinajstić information content (AvgIpc) is 1.82. The Hall–Kier alpha value is -0.900. The third-order valence-corrected chi connectivity index (χ3v) is 0.970. The van der Waals surface area contributed by atoms with E-state index in [4.69, 9.17) is 10.8 Å². The molecule has 0 aliphatic carbocycles. The van der Waals surface area contributed by atoms with Gasteiger partial charge >= 0.3 is 5.97 Å². The number of carbonyl (C=O) groups is 1. The second kappa shape index (κ2) is 4.00. The van der Waals surface area contributed by atoms with E-state index in [0.29, 0.717) is 0 Å². The Kier molecular flexibility index (Phi) is 3.64. The largest absolute Gasteiger partial charge is 0.480 e. The molecule has 0 aliphatic heterocycles. The molecule has 0 rings (SSSR count). The number of allylic oxidation sites excluding steroid dienone is 1. The van der Waals surface area contributed by atoms with E-state index in [0.717, 1.165) is 6.08 Å². The van der Waals surface area contributed by atoms with Crippen LogP contribution in [-0.4, -0.2) is 17.1 Å². The quantitative estimate of drug-likeness (QED) is 0.616. The van der Waals surface area contributed by atoms with Crippen molar-refractivity contribution in [1.82, 2.24) is 0 Å². The molecule has 0 spiro atoms. The molecule has 0 saturated heterocycles. The van der Waals surface area contributed by atoms with Crippen molar-refractivity contribution >= 4 is 5.97 Å². The number of halogens is 1. The Morgan fingerprint density at radius 3 is 2.70 bits per heavy atom. The number of aliphatic carboxylic acids is 1. The van der Waals surface area contributed by atoms with Gasteiger partial charge in [0.15, 0.2) is 0 Å². The van der Waals surface area contributed by atoms with Gasteiger partial charge in [0, 0.05) is 0 Å². The molecule has 0 saturated carbocycles. The van der Waals surface area contributed by atoms with E-state index in [2.05, 4.69) is 0 Å². The highest BCUT2D eigenvalue weighted by molar-refractivity contribution is 5.73. The molecular weight excluding hydrogens is 137 g/mol. The fourth-order valence-electron chi connectivity index (χ4n) is 0.390. The Labute approximate surface area is 58.3 Å². The van der Waals surface area contributed by atoms with Gasteiger partial charge in [0.25, 0.3) is 0 Å². The minimum atomic E-state index is -1.11. The standard InChI is InChI=1S/C6H10FNO2/c1-4(7)2-3-5(8)6(9)10/h2,5H,3,8H2,1H3,(H,9,10)/b4-2-. The number of rotatable bonds is 3. The summed E-state index contributed by atoms with van der Waals surface area (Å²) < 4.78 is 11.9. The van der Waals surface area contributed by atoms with Crippen LogP contribution in [0.3, 0.4) is 0 Å². The highest BCUT2D eigenvalue weighted by Gasteiger charge is 2.08. The summed E-state index contributed by atoms with van der Waals surface area (Å²) in [6.45, 7) is 1.24. The molecule has 0 heterocycles. The van der Waals surface area contributed by atoms with Gasteiger partial charge in [-0.3, -0.25) is 4.79 Å². The lowest BCUT2D eigenvalue weighted by atomic mass is 10.2. The zero-order valence-corrected chi connectivity index (χ0v) is 5.67. The Morgan fingerprint density at radius 2 is 2.40 bits per heavy atom. The van der Waals surface area contributed by atoms with Crippen molar-refractivity contribution in [3.05, 3.63) is 11.9 Å². The molecule has 0 bridgehead atoms. The van der Waals surface area contributed by atoms with Crippen molar-refractivity contribution in [3.63, 3.8) is 0 Å². The minimum absolute atomic E-state index is 0.0394. The maximum Gasteiger partial charge on any atom is 0.320 e. The lowest BCUT2D eigenvalue weighted by molar-refractivity contribution is -0.138. The van der Waals surface area contributed by atoms with Crippen LogP contribution in [0.1, 0.15) is 13.3 Å². The first-order valence-electron chi connectivity index (χ1n) is 2.84. The monoisotopic (exact) mass is 147 g/mol. The van der Waals surface area contributed by atoms with Crippen molar-refractivity contribution in [1.29, 1.82) is 0 Å². The molecule has 1 unspecified atom stereocenters. The van der Waals surface area contributed by atoms with Crippen LogP contribution < -0.4 is 5.73 Å². The van der Waals surface area contributed by atoms with Gasteiger partial charge in [-0.2, -0.15) is 0 Å². The van der Waals surface area contributed by atoms with E-state index in [1.807, 2.05) is 0 Å². The molecule has 0 radical (unpaired) electrons. The maximum absolute atomic E-state index is 11.9. The van der Waals surface area contributed by atoms with Crippen LogP contribution in [0.25, 0.3) is 0 Å². The topological polar surface area (TPSA) is 63.3 Å². The first-order valence-corrected chi connectivity index (χ1v) is 2.84. The molecule has 3 N–H and O–H groups in total. The summed E-state index contributed by atoms with van der Waals surface area (Å²) in [4.78, 5) is 10.0. The second-order valence-corrected chi connectivity index (χ2v) is 1.97. The summed E-state index contributed by atoms with van der Waals surface area (Å²) in [6.07, 6.45) is 1.19. The van der Waals surface area contributed by atoms with Crippen LogP contribution >= 0.6 is 0 Å². The van der Waals surface area contributed by atoms with Crippen LogP contribution in [0.4, 0.5) is 4.39 Å². The van der Waals surface area contributed by atoms with Gasteiger partial charge in [-0.15, -0.1) is 0 Å². The van der Waals surface area contributed by atoms with Crippen LogP contribution in [0.15, 0.2) is 11.9 Å². The van der Waals surface area contributed by atoms with Crippen LogP contribution in [0, 0.1) is 0 Å². The third-order valence-electron chi connectivity index (χ3n) is 0.970. The van der Waals surface area contributed by atoms with Gasteiger partial charge in [0.05, 0.1) is 5.83 Å². The lowest BCUT2D eigenvalue weighted by Crippen LogP contribution is -2.29. The van der Waals surface area contributed by atoms with Gasteiger partial charge in [-0.25, -0.2) is 4.39 Å². The van der Waals surface area contributed by atoms with Crippen molar-refractivity contribution in [2.75, 3.05) is 0 Å². The minimum Gasteiger partial charge on any atom is -0.480 e. The van der Waals surface area contributed by atoms with E-state index in [-0.39, 0.29) is 6.42 Å². The zero-order chi connectivity index (χ0) is 8.15. The van der Waals surface area contributed by atoms with Crippen molar-refractivity contribution in [3.8, 4) is 0 Å². The number of hydrogen-bond donors (Lipinski definition) is 2. The fraction of sp³-hybridized carbons (Fsp3) is 0.500. The second-order valence-electron chi connectivity index (χ2n) is 1.97. The summed E-state index contributed by atoms with van der Waals surface area (Å²) in [5.41, 5.74) is 5.05. The lowest BCUT2D eigenvalue weighted by Gasteiger charge is -1.99. The summed E-state index contributed by atoms with van der Waals surface area (Å²) in [5, 5.41) is 8.22. The molecule has 0 amide bonds. The van der Waals surface area contributed by atoms with Crippen LogP contribution in [0.2, 0.25) is 0 Å². The molecule has 0 aromatic heterocycles. The van der Waals surface area contributed by atoms with Gasteiger partial charge in [-0.1, -0.05) is 6.08 Å². The molecular formula is C6H10FNO2. The van der Waals surface area contributed by atoms with E-state index < -0.39 is 17.8 Å². The van der Waals surface area contributed by atoms with Crippen molar-refractivity contribution in [2.45, 2.75) is 19.4 Å². The van der Waals surface area contributed by atoms with Gasteiger partial charge in [0.2, 0.25) is 0 Å².